The summed E-state index contributed by atoms with van der Waals surface area (Å²) in [4.78, 5) is 0. The molecule has 1 aromatic carbocycles. The molecule has 3 heteroatoms. The monoisotopic (exact) mass is 249 g/mol. The average Bonchev–Trinajstić information content (AvgIpc) is 2.39. The van der Waals surface area contributed by atoms with Gasteiger partial charge in [-0.1, -0.05) is 18.6 Å². The molecule has 1 aromatic rings. The van der Waals surface area contributed by atoms with Crippen LogP contribution in [0.4, 0.5) is 0 Å². The van der Waals surface area contributed by atoms with Gasteiger partial charge in [0.2, 0.25) is 0 Å². The van der Waals surface area contributed by atoms with Crippen LogP contribution in [-0.4, -0.2) is 25.3 Å². The SMILES string of the molecule is CCC1CNCCC1(O)c1cc(C)ccc1OC. The molecular weight excluding hydrogens is 226 g/mol. The zero-order chi connectivity index (χ0) is 13.2. The van der Waals surface area contributed by atoms with Gasteiger partial charge in [-0.05, 0) is 38.4 Å². The number of hydrogen-bond acceptors (Lipinski definition) is 3. The molecule has 3 nitrogen and oxygen atoms in total. The van der Waals surface area contributed by atoms with E-state index in [1.165, 1.54) is 0 Å². The summed E-state index contributed by atoms with van der Waals surface area (Å²) < 4.78 is 5.43. The van der Waals surface area contributed by atoms with Crippen LogP contribution in [0.5, 0.6) is 5.75 Å². The third-order valence-corrected chi connectivity index (χ3v) is 4.06. The van der Waals surface area contributed by atoms with Gasteiger partial charge in [0.1, 0.15) is 5.75 Å². The maximum absolute atomic E-state index is 11.1. The largest absolute Gasteiger partial charge is 0.496 e. The number of methoxy groups -OCH3 is 1. The van der Waals surface area contributed by atoms with Crippen molar-refractivity contribution in [3.63, 3.8) is 0 Å². The normalized spacial score (nSPS) is 28.1. The van der Waals surface area contributed by atoms with Crippen LogP contribution in [0.1, 0.15) is 30.9 Å². The van der Waals surface area contributed by atoms with Crippen LogP contribution in [0.3, 0.4) is 0 Å². The minimum Gasteiger partial charge on any atom is -0.496 e. The Labute approximate surface area is 109 Å². The fraction of sp³-hybridized carbons (Fsp3) is 0.600. The molecule has 0 spiro atoms. The van der Waals surface area contributed by atoms with E-state index in [9.17, 15) is 5.11 Å². The number of nitrogens with one attached hydrogen (secondary N) is 1. The van der Waals surface area contributed by atoms with Crippen LogP contribution >= 0.6 is 0 Å². The zero-order valence-electron chi connectivity index (χ0n) is 11.5. The Balaban J connectivity index is 2.46. The summed E-state index contributed by atoms with van der Waals surface area (Å²) in [5, 5.41) is 14.5. The van der Waals surface area contributed by atoms with Gasteiger partial charge in [0.15, 0.2) is 0 Å². The van der Waals surface area contributed by atoms with Gasteiger partial charge < -0.3 is 15.2 Å². The second-order valence-electron chi connectivity index (χ2n) is 5.19. The smallest absolute Gasteiger partial charge is 0.124 e. The zero-order valence-corrected chi connectivity index (χ0v) is 11.5. The minimum absolute atomic E-state index is 0.238. The second-order valence-corrected chi connectivity index (χ2v) is 5.19. The van der Waals surface area contributed by atoms with Gasteiger partial charge in [-0.25, -0.2) is 0 Å². The number of ether oxygens (including phenoxy) is 1. The number of aliphatic hydroxyl groups is 1. The molecule has 0 saturated carbocycles. The molecule has 1 saturated heterocycles. The van der Waals surface area contributed by atoms with Gasteiger partial charge in [0, 0.05) is 18.0 Å². The molecule has 0 aromatic heterocycles. The summed E-state index contributed by atoms with van der Waals surface area (Å²) in [6.07, 6.45) is 1.70. The van der Waals surface area contributed by atoms with Crippen molar-refractivity contribution in [2.75, 3.05) is 20.2 Å². The maximum Gasteiger partial charge on any atom is 0.124 e. The molecular formula is C15H23NO2. The molecule has 1 fully saturated rings. The van der Waals surface area contributed by atoms with Crippen molar-refractivity contribution >= 4 is 0 Å². The van der Waals surface area contributed by atoms with Gasteiger partial charge in [0.05, 0.1) is 12.7 Å². The van der Waals surface area contributed by atoms with E-state index in [-0.39, 0.29) is 5.92 Å². The van der Waals surface area contributed by atoms with Crippen LogP contribution in [0.2, 0.25) is 0 Å². The lowest BCUT2D eigenvalue weighted by molar-refractivity contribution is -0.0494. The van der Waals surface area contributed by atoms with E-state index in [1.54, 1.807) is 7.11 Å². The summed E-state index contributed by atoms with van der Waals surface area (Å²) in [5.74, 6) is 1.03. The first-order chi connectivity index (χ1) is 8.61. The molecule has 1 heterocycles. The van der Waals surface area contributed by atoms with Gasteiger partial charge in [0.25, 0.3) is 0 Å². The van der Waals surface area contributed by atoms with Crippen molar-refractivity contribution in [1.29, 1.82) is 0 Å². The predicted octanol–water partition coefficient (Wildman–Crippen LogP) is 2.21. The molecule has 0 amide bonds. The van der Waals surface area contributed by atoms with Gasteiger partial charge in [-0.3, -0.25) is 0 Å². The quantitative estimate of drug-likeness (QED) is 0.863. The molecule has 18 heavy (non-hydrogen) atoms. The molecule has 0 aliphatic carbocycles. The van der Waals surface area contributed by atoms with Crippen molar-refractivity contribution in [1.82, 2.24) is 5.32 Å². The Morgan fingerprint density at radius 1 is 1.50 bits per heavy atom. The standard InChI is InChI=1S/C15H23NO2/c1-4-12-10-16-8-7-15(12,17)13-9-11(2)5-6-14(13)18-3/h5-6,9,12,16-17H,4,7-8,10H2,1-3H3. The molecule has 100 valence electrons. The number of aryl methyl sites for hydroxylation is 1. The van der Waals surface area contributed by atoms with Crippen molar-refractivity contribution in [3.8, 4) is 5.75 Å². The van der Waals surface area contributed by atoms with Gasteiger partial charge >= 0.3 is 0 Å². The van der Waals surface area contributed by atoms with Gasteiger partial charge in [-0.2, -0.15) is 0 Å². The topological polar surface area (TPSA) is 41.5 Å². The maximum atomic E-state index is 11.1. The van der Waals surface area contributed by atoms with Crippen molar-refractivity contribution in [2.45, 2.75) is 32.3 Å². The van der Waals surface area contributed by atoms with E-state index in [4.69, 9.17) is 4.74 Å². The Morgan fingerprint density at radius 2 is 2.28 bits per heavy atom. The first-order valence-electron chi connectivity index (χ1n) is 6.70. The van der Waals surface area contributed by atoms with Crippen LogP contribution in [-0.2, 0) is 5.60 Å². The minimum atomic E-state index is -0.767. The van der Waals surface area contributed by atoms with E-state index in [1.807, 2.05) is 19.1 Å². The molecule has 0 radical (unpaired) electrons. The fourth-order valence-electron chi connectivity index (χ4n) is 2.92. The Hall–Kier alpha value is -1.06. The number of piperidine rings is 1. The fourth-order valence-corrected chi connectivity index (χ4v) is 2.92. The molecule has 2 unspecified atom stereocenters. The van der Waals surface area contributed by atoms with E-state index >= 15 is 0 Å². The van der Waals surface area contributed by atoms with Crippen LogP contribution in [0.15, 0.2) is 18.2 Å². The van der Waals surface area contributed by atoms with E-state index in [2.05, 4.69) is 18.3 Å². The summed E-state index contributed by atoms with van der Waals surface area (Å²) in [5.41, 5.74) is 1.34. The van der Waals surface area contributed by atoms with E-state index in [0.717, 1.165) is 42.8 Å². The highest BCUT2D eigenvalue weighted by molar-refractivity contribution is 5.41. The molecule has 2 rings (SSSR count). The third-order valence-electron chi connectivity index (χ3n) is 4.06. The molecule has 1 aliphatic heterocycles. The van der Waals surface area contributed by atoms with Crippen LogP contribution in [0, 0.1) is 12.8 Å². The van der Waals surface area contributed by atoms with Crippen molar-refractivity contribution < 1.29 is 9.84 Å². The lowest BCUT2D eigenvalue weighted by atomic mass is 9.74. The number of rotatable bonds is 3. The Kier molecular flexibility index (Phi) is 3.93. The highest BCUT2D eigenvalue weighted by atomic mass is 16.5. The Morgan fingerprint density at radius 3 is 2.94 bits per heavy atom. The molecule has 0 bridgehead atoms. The van der Waals surface area contributed by atoms with E-state index < -0.39 is 5.60 Å². The lowest BCUT2D eigenvalue weighted by Gasteiger charge is -2.41. The molecule has 1 aliphatic rings. The third kappa shape index (κ3) is 2.25. The van der Waals surface area contributed by atoms with Crippen molar-refractivity contribution in [2.24, 2.45) is 5.92 Å². The van der Waals surface area contributed by atoms with Crippen LogP contribution in [0.25, 0.3) is 0 Å². The summed E-state index contributed by atoms with van der Waals surface area (Å²) in [7, 11) is 1.67. The van der Waals surface area contributed by atoms with Crippen molar-refractivity contribution in [3.05, 3.63) is 29.3 Å². The molecule has 2 atom stereocenters. The average molecular weight is 249 g/mol. The number of benzene rings is 1. The first-order valence-corrected chi connectivity index (χ1v) is 6.70. The molecule has 2 N–H and O–H groups in total. The van der Waals surface area contributed by atoms with Crippen LogP contribution < -0.4 is 10.1 Å². The highest BCUT2D eigenvalue weighted by Crippen LogP contribution is 2.41. The highest BCUT2D eigenvalue weighted by Gasteiger charge is 2.41. The Bertz CT molecular complexity index is 419. The summed E-state index contributed by atoms with van der Waals surface area (Å²) in [6.45, 7) is 5.90. The van der Waals surface area contributed by atoms with Gasteiger partial charge in [-0.15, -0.1) is 0 Å². The van der Waals surface area contributed by atoms with E-state index in [0.29, 0.717) is 0 Å². The summed E-state index contributed by atoms with van der Waals surface area (Å²) >= 11 is 0. The lowest BCUT2D eigenvalue weighted by Crippen LogP contribution is -2.48. The first kappa shape index (κ1) is 13.4. The predicted molar refractivity (Wildman–Crippen MR) is 72.9 cm³/mol. The number of hydrogen-bond donors (Lipinski definition) is 2. The summed E-state index contributed by atoms with van der Waals surface area (Å²) in [6, 6.07) is 6.04. The second kappa shape index (κ2) is 5.29.